The van der Waals surface area contributed by atoms with Crippen LogP contribution in [0.2, 0.25) is 0 Å². The molecule has 5 nitrogen and oxygen atoms in total. The zero-order valence-electron chi connectivity index (χ0n) is 9.31. The van der Waals surface area contributed by atoms with Gasteiger partial charge in [0.25, 0.3) is 5.91 Å². The summed E-state index contributed by atoms with van der Waals surface area (Å²) in [6.45, 7) is 4.96. The van der Waals surface area contributed by atoms with Gasteiger partial charge in [0.1, 0.15) is 5.69 Å². The van der Waals surface area contributed by atoms with Gasteiger partial charge in [-0.05, 0) is 19.1 Å². The van der Waals surface area contributed by atoms with Crippen molar-refractivity contribution in [3.05, 3.63) is 24.0 Å². The van der Waals surface area contributed by atoms with Gasteiger partial charge >= 0.3 is 0 Å². The molecule has 0 radical (unpaired) electrons. The lowest BCUT2D eigenvalue weighted by atomic mass is 10.2. The van der Waals surface area contributed by atoms with Crippen LogP contribution in [0.25, 0.3) is 0 Å². The van der Waals surface area contributed by atoms with E-state index in [1.807, 2.05) is 6.07 Å². The lowest BCUT2D eigenvalue weighted by molar-refractivity contribution is 0.0995. The molecular weight excluding hydrogens is 204 g/mol. The molecule has 3 N–H and O–H groups in total. The van der Waals surface area contributed by atoms with E-state index < -0.39 is 5.91 Å². The van der Waals surface area contributed by atoms with Crippen LogP contribution in [0.4, 0.5) is 5.69 Å². The van der Waals surface area contributed by atoms with Gasteiger partial charge in [0.15, 0.2) is 0 Å². The molecule has 0 bridgehead atoms. The Bertz CT molecular complexity index is 393. The fourth-order valence-corrected chi connectivity index (χ4v) is 1.92. The first-order chi connectivity index (χ1) is 7.66. The molecule has 1 aromatic rings. The number of rotatable bonds is 2. The maximum atomic E-state index is 11.0. The van der Waals surface area contributed by atoms with Gasteiger partial charge in [0, 0.05) is 37.6 Å². The van der Waals surface area contributed by atoms with Gasteiger partial charge in [0.05, 0.1) is 0 Å². The minimum atomic E-state index is -0.481. The molecule has 1 fully saturated rings. The lowest BCUT2D eigenvalue weighted by Gasteiger charge is -2.33. The van der Waals surface area contributed by atoms with Gasteiger partial charge < -0.3 is 16.0 Å². The smallest absolute Gasteiger partial charge is 0.267 e. The summed E-state index contributed by atoms with van der Waals surface area (Å²) in [6.07, 6.45) is 1.63. The summed E-state index contributed by atoms with van der Waals surface area (Å²) in [7, 11) is 0. The number of carbonyl (C=O) groups is 1. The highest BCUT2D eigenvalue weighted by Crippen LogP contribution is 2.16. The zero-order chi connectivity index (χ0) is 11.5. The van der Waals surface area contributed by atoms with E-state index in [9.17, 15) is 4.79 Å². The summed E-state index contributed by atoms with van der Waals surface area (Å²) < 4.78 is 0. The van der Waals surface area contributed by atoms with E-state index in [-0.39, 0.29) is 0 Å². The first kappa shape index (κ1) is 10.9. The summed E-state index contributed by atoms with van der Waals surface area (Å²) in [4.78, 5) is 17.2. The van der Waals surface area contributed by atoms with Crippen LogP contribution in [-0.2, 0) is 0 Å². The van der Waals surface area contributed by atoms with Crippen LogP contribution in [0.1, 0.15) is 17.4 Å². The van der Waals surface area contributed by atoms with Crippen molar-refractivity contribution < 1.29 is 4.79 Å². The predicted octanol–water partition coefficient (Wildman–Crippen LogP) is -0.0214. The predicted molar refractivity (Wildman–Crippen MR) is 62.4 cm³/mol. The number of nitrogens with two attached hydrogens (primary N) is 1. The molecule has 0 spiro atoms. The molecule has 1 saturated heterocycles. The maximum absolute atomic E-state index is 11.0. The number of nitrogens with one attached hydrogen (secondary N) is 1. The molecule has 86 valence electrons. The summed E-state index contributed by atoms with van der Waals surface area (Å²) >= 11 is 0. The molecule has 2 heterocycles. The SMILES string of the molecule is C[C@H]1CN(c2ccnc(C(N)=O)c2)CCN1. The summed E-state index contributed by atoms with van der Waals surface area (Å²) in [5, 5.41) is 3.37. The minimum Gasteiger partial charge on any atom is -0.369 e. The molecule has 1 atom stereocenters. The van der Waals surface area contributed by atoms with Crippen LogP contribution in [0.3, 0.4) is 0 Å². The van der Waals surface area contributed by atoms with Crippen molar-refractivity contribution in [3.63, 3.8) is 0 Å². The van der Waals surface area contributed by atoms with Crippen LogP contribution in [0, 0.1) is 0 Å². The molecule has 2 rings (SSSR count). The summed E-state index contributed by atoms with van der Waals surface area (Å²) in [5.41, 5.74) is 6.54. The van der Waals surface area contributed by atoms with E-state index in [2.05, 4.69) is 22.1 Å². The van der Waals surface area contributed by atoms with E-state index in [1.54, 1.807) is 12.3 Å². The van der Waals surface area contributed by atoms with Crippen molar-refractivity contribution in [1.29, 1.82) is 0 Å². The first-order valence-electron chi connectivity index (χ1n) is 5.41. The Morgan fingerprint density at radius 2 is 2.50 bits per heavy atom. The van der Waals surface area contributed by atoms with Gasteiger partial charge in [-0.3, -0.25) is 9.78 Å². The summed E-state index contributed by atoms with van der Waals surface area (Å²) in [6, 6.07) is 4.11. The molecule has 1 aliphatic rings. The number of nitrogens with zero attached hydrogens (tertiary/aromatic N) is 2. The molecule has 16 heavy (non-hydrogen) atoms. The Labute approximate surface area is 94.6 Å². The van der Waals surface area contributed by atoms with Crippen molar-refractivity contribution in [2.45, 2.75) is 13.0 Å². The zero-order valence-corrected chi connectivity index (χ0v) is 9.31. The van der Waals surface area contributed by atoms with Gasteiger partial charge in [-0.25, -0.2) is 0 Å². The molecule has 0 saturated carbocycles. The van der Waals surface area contributed by atoms with Gasteiger partial charge in [-0.2, -0.15) is 0 Å². The molecule has 0 unspecified atom stereocenters. The van der Waals surface area contributed by atoms with Crippen LogP contribution in [-0.4, -0.2) is 36.6 Å². The van der Waals surface area contributed by atoms with E-state index in [0.29, 0.717) is 11.7 Å². The first-order valence-corrected chi connectivity index (χ1v) is 5.41. The Balaban J connectivity index is 2.19. The second-order valence-corrected chi connectivity index (χ2v) is 4.06. The average molecular weight is 220 g/mol. The van der Waals surface area contributed by atoms with Gasteiger partial charge in [-0.15, -0.1) is 0 Å². The highest BCUT2D eigenvalue weighted by molar-refractivity contribution is 5.91. The Morgan fingerprint density at radius 3 is 3.19 bits per heavy atom. The quantitative estimate of drug-likeness (QED) is 0.734. The van der Waals surface area contributed by atoms with Crippen molar-refractivity contribution >= 4 is 11.6 Å². The monoisotopic (exact) mass is 220 g/mol. The molecule has 1 aliphatic heterocycles. The molecule has 0 aromatic carbocycles. The van der Waals surface area contributed by atoms with Crippen LogP contribution in [0.5, 0.6) is 0 Å². The minimum absolute atomic E-state index is 0.323. The van der Waals surface area contributed by atoms with Crippen molar-refractivity contribution in [2.75, 3.05) is 24.5 Å². The molecule has 1 aromatic heterocycles. The van der Waals surface area contributed by atoms with Gasteiger partial charge in [0.2, 0.25) is 0 Å². The van der Waals surface area contributed by atoms with E-state index in [0.717, 1.165) is 25.3 Å². The van der Waals surface area contributed by atoms with Gasteiger partial charge in [-0.1, -0.05) is 0 Å². The number of hydrogen-bond donors (Lipinski definition) is 2. The van der Waals surface area contributed by atoms with Crippen LogP contribution < -0.4 is 16.0 Å². The number of aromatic nitrogens is 1. The molecule has 5 heteroatoms. The number of carbonyl (C=O) groups excluding carboxylic acids is 1. The normalized spacial score (nSPS) is 20.8. The topological polar surface area (TPSA) is 71.2 Å². The Kier molecular flexibility index (Phi) is 3.05. The molecular formula is C11H16N4O. The highest BCUT2D eigenvalue weighted by Gasteiger charge is 2.16. The van der Waals surface area contributed by atoms with E-state index >= 15 is 0 Å². The molecule has 0 aliphatic carbocycles. The van der Waals surface area contributed by atoms with Crippen molar-refractivity contribution in [1.82, 2.24) is 10.3 Å². The lowest BCUT2D eigenvalue weighted by Crippen LogP contribution is -2.49. The highest BCUT2D eigenvalue weighted by atomic mass is 16.1. The van der Waals surface area contributed by atoms with E-state index in [1.165, 1.54) is 0 Å². The third-order valence-corrected chi connectivity index (χ3v) is 2.73. The number of primary amides is 1. The summed E-state index contributed by atoms with van der Waals surface area (Å²) in [5.74, 6) is -0.481. The third kappa shape index (κ3) is 2.30. The number of piperazine rings is 1. The standard InChI is InChI=1S/C11H16N4O/c1-8-7-15(5-4-13-8)9-2-3-14-10(6-9)11(12)16/h2-3,6,8,13H,4-5,7H2,1H3,(H2,12,16)/t8-/m0/s1. The second kappa shape index (κ2) is 4.49. The fraction of sp³-hybridized carbons (Fsp3) is 0.455. The number of amides is 1. The molecule has 1 amide bonds. The van der Waals surface area contributed by atoms with Crippen molar-refractivity contribution in [3.8, 4) is 0 Å². The maximum Gasteiger partial charge on any atom is 0.267 e. The average Bonchev–Trinajstić information content (AvgIpc) is 2.29. The largest absolute Gasteiger partial charge is 0.369 e. The number of hydrogen-bond acceptors (Lipinski definition) is 4. The second-order valence-electron chi connectivity index (χ2n) is 4.06. The number of anilines is 1. The Morgan fingerprint density at radius 1 is 1.69 bits per heavy atom. The third-order valence-electron chi connectivity index (χ3n) is 2.73. The van der Waals surface area contributed by atoms with Crippen molar-refractivity contribution in [2.24, 2.45) is 5.73 Å². The Hall–Kier alpha value is -1.62. The van der Waals surface area contributed by atoms with Crippen LogP contribution in [0.15, 0.2) is 18.3 Å². The fourth-order valence-electron chi connectivity index (χ4n) is 1.92. The number of pyridine rings is 1. The van der Waals surface area contributed by atoms with Crippen LogP contribution >= 0.6 is 0 Å². The van der Waals surface area contributed by atoms with E-state index in [4.69, 9.17) is 5.73 Å².